The van der Waals surface area contributed by atoms with Crippen molar-refractivity contribution < 1.29 is 19.2 Å². The number of anilines is 1. The lowest BCUT2D eigenvalue weighted by atomic mass is 10.1. The molecule has 0 radical (unpaired) electrons. The first-order valence-electron chi connectivity index (χ1n) is 6.33. The molecule has 0 spiro atoms. The van der Waals surface area contributed by atoms with Gasteiger partial charge in [0.2, 0.25) is 0 Å². The quantitative estimate of drug-likeness (QED) is 0.677. The first kappa shape index (κ1) is 15.3. The third kappa shape index (κ3) is 3.14. The van der Waals surface area contributed by atoms with Gasteiger partial charge < -0.3 is 14.8 Å². The second-order valence-electron chi connectivity index (χ2n) is 4.29. The summed E-state index contributed by atoms with van der Waals surface area (Å²) in [6.07, 6.45) is 0. The Morgan fingerprint density at radius 3 is 2.50 bits per heavy atom. The van der Waals surface area contributed by atoms with Gasteiger partial charge >= 0.3 is 0 Å². The van der Waals surface area contributed by atoms with E-state index < -0.39 is 10.8 Å². The van der Waals surface area contributed by atoms with Gasteiger partial charge in [0, 0.05) is 12.1 Å². The Bertz CT molecular complexity index is 715. The molecule has 0 atom stereocenters. The molecule has 0 aliphatic rings. The van der Waals surface area contributed by atoms with Crippen LogP contribution in [0.4, 0.5) is 11.4 Å². The van der Waals surface area contributed by atoms with Crippen LogP contribution in [0.1, 0.15) is 10.4 Å². The summed E-state index contributed by atoms with van der Waals surface area (Å²) in [5.74, 6) is 0.350. The summed E-state index contributed by atoms with van der Waals surface area (Å²) in [6, 6.07) is 10.6. The zero-order valence-electron chi connectivity index (χ0n) is 12.0. The first-order valence-corrected chi connectivity index (χ1v) is 6.33. The third-order valence-electron chi connectivity index (χ3n) is 3.00. The van der Waals surface area contributed by atoms with Crippen molar-refractivity contribution >= 4 is 17.3 Å². The molecule has 0 fully saturated rings. The highest BCUT2D eigenvalue weighted by Crippen LogP contribution is 2.28. The monoisotopic (exact) mass is 302 g/mol. The number of hydrogen-bond donors (Lipinski definition) is 1. The number of ether oxygens (including phenoxy) is 2. The summed E-state index contributed by atoms with van der Waals surface area (Å²) in [7, 11) is 2.93. The van der Waals surface area contributed by atoms with Crippen LogP contribution in [0.15, 0.2) is 42.5 Å². The highest BCUT2D eigenvalue weighted by molar-refractivity contribution is 6.07. The van der Waals surface area contributed by atoms with Gasteiger partial charge in [0.25, 0.3) is 11.6 Å². The van der Waals surface area contributed by atoms with Gasteiger partial charge in [-0.3, -0.25) is 14.9 Å². The third-order valence-corrected chi connectivity index (χ3v) is 3.00. The highest BCUT2D eigenvalue weighted by atomic mass is 16.6. The maximum atomic E-state index is 12.3. The van der Waals surface area contributed by atoms with E-state index in [2.05, 4.69) is 5.32 Å². The molecule has 0 saturated heterocycles. The molecule has 22 heavy (non-hydrogen) atoms. The molecule has 7 heteroatoms. The van der Waals surface area contributed by atoms with Crippen LogP contribution in [-0.2, 0) is 0 Å². The van der Waals surface area contributed by atoms with E-state index in [0.29, 0.717) is 11.5 Å². The number of carbonyl (C=O) groups is 1. The lowest BCUT2D eigenvalue weighted by molar-refractivity contribution is -0.383. The van der Waals surface area contributed by atoms with Crippen molar-refractivity contribution in [3.05, 3.63) is 58.1 Å². The molecule has 2 rings (SSSR count). The number of methoxy groups -OCH3 is 2. The topological polar surface area (TPSA) is 90.7 Å². The van der Waals surface area contributed by atoms with Crippen molar-refractivity contribution in [2.45, 2.75) is 0 Å². The molecule has 2 aromatic carbocycles. The Kier molecular flexibility index (Phi) is 4.57. The first-order chi connectivity index (χ1) is 10.6. The van der Waals surface area contributed by atoms with Gasteiger partial charge in [0.05, 0.1) is 24.7 Å². The predicted molar refractivity (Wildman–Crippen MR) is 80.6 cm³/mol. The molecule has 0 heterocycles. The van der Waals surface area contributed by atoms with Gasteiger partial charge in [-0.2, -0.15) is 0 Å². The molecule has 0 aliphatic carbocycles. The molecular formula is C15H14N2O5. The molecule has 1 N–H and O–H groups in total. The van der Waals surface area contributed by atoms with E-state index in [1.165, 1.54) is 38.5 Å². The van der Waals surface area contributed by atoms with Crippen LogP contribution < -0.4 is 14.8 Å². The van der Waals surface area contributed by atoms with E-state index in [1.54, 1.807) is 18.2 Å². The molecule has 0 saturated carbocycles. The van der Waals surface area contributed by atoms with Crippen LogP contribution in [0.2, 0.25) is 0 Å². The fraction of sp³-hybridized carbons (Fsp3) is 0.133. The Morgan fingerprint density at radius 2 is 1.86 bits per heavy atom. The number of amides is 1. The number of nitro benzene ring substituents is 1. The summed E-state index contributed by atoms with van der Waals surface area (Å²) in [5, 5.41) is 13.5. The molecule has 0 bridgehead atoms. The Balaban J connectivity index is 2.32. The summed E-state index contributed by atoms with van der Waals surface area (Å²) < 4.78 is 10.2. The van der Waals surface area contributed by atoms with Crippen LogP contribution in [-0.4, -0.2) is 25.1 Å². The smallest absolute Gasteiger partial charge is 0.292 e. The minimum absolute atomic E-state index is 0.121. The van der Waals surface area contributed by atoms with Gasteiger partial charge in [0.15, 0.2) is 0 Å². The molecule has 0 aromatic heterocycles. The zero-order valence-corrected chi connectivity index (χ0v) is 12.0. The second-order valence-corrected chi connectivity index (χ2v) is 4.29. The van der Waals surface area contributed by atoms with E-state index in [0.717, 1.165) is 0 Å². The number of benzene rings is 2. The maximum Gasteiger partial charge on any atom is 0.292 e. The molecule has 2 aromatic rings. The predicted octanol–water partition coefficient (Wildman–Crippen LogP) is 2.86. The van der Waals surface area contributed by atoms with Gasteiger partial charge in [-0.05, 0) is 18.2 Å². The fourth-order valence-corrected chi connectivity index (χ4v) is 1.91. The van der Waals surface area contributed by atoms with E-state index >= 15 is 0 Å². The van der Waals surface area contributed by atoms with Crippen LogP contribution in [0.3, 0.4) is 0 Å². The minimum Gasteiger partial charge on any atom is -0.497 e. The minimum atomic E-state index is -0.555. The second kappa shape index (κ2) is 6.57. The van der Waals surface area contributed by atoms with Gasteiger partial charge in [-0.1, -0.05) is 12.1 Å². The summed E-state index contributed by atoms with van der Waals surface area (Å²) >= 11 is 0. The van der Waals surface area contributed by atoms with Crippen molar-refractivity contribution in [2.75, 3.05) is 19.5 Å². The highest BCUT2D eigenvalue weighted by Gasteiger charge is 2.18. The van der Waals surface area contributed by atoms with Crippen molar-refractivity contribution in [3.8, 4) is 11.5 Å². The molecule has 7 nitrogen and oxygen atoms in total. The van der Waals surface area contributed by atoms with Gasteiger partial charge in [-0.25, -0.2) is 0 Å². The number of hydrogen-bond acceptors (Lipinski definition) is 5. The average molecular weight is 302 g/mol. The van der Waals surface area contributed by atoms with Crippen molar-refractivity contribution in [3.63, 3.8) is 0 Å². The molecule has 114 valence electrons. The lowest BCUT2D eigenvalue weighted by Gasteiger charge is -2.11. The zero-order chi connectivity index (χ0) is 16.1. The Morgan fingerprint density at radius 1 is 1.14 bits per heavy atom. The van der Waals surface area contributed by atoms with E-state index in [-0.39, 0.29) is 16.9 Å². The average Bonchev–Trinajstić information content (AvgIpc) is 2.54. The normalized spacial score (nSPS) is 9.91. The molecule has 0 unspecified atom stereocenters. The summed E-state index contributed by atoms with van der Waals surface area (Å²) in [6.45, 7) is 0. The number of nitro groups is 1. The van der Waals surface area contributed by atoms with Gasteiger partial charge in [0.1, 0.15) is 17.2 Å². The van der Waals surface area contributed by atoms with E-state index in [9.17, 15) is 14.9 Å². The standard InChI is InChI=1S/C15H14N2O5/c1-21-10-7-8-11(14(9-10)22-2)15(18)16-12-5-3-4-6-13(12)17(19)20/h3-9H,1-2H3,(H,16,18). The van der Waals surface area contributed by atoms with Crippen LogP contribution in [0, 0.1) is 10.1 Å². The Labute approximate surface area is 126 Å². The molecular weight excluding hydrogens is 288 g/mol. The summed E-state index contributed by atoms with van der Waals surface area (Å²) in [4.78, 5) is 22.7. The maximum absolute atomic E-state index is 12.3. The number of rotatable bonds is 5. The SMILES string of the molecule is COc1ccc(C(=O)Nc2ccccc2[N+](=O)[O-])c(OC)c1. The number of nitrogens with one attached hydrogen (secondary N) is 1. The molecule has 0 aliphatic heterocycles. The van der Waals surface area contributed by atoms with Crippen LogP contribution in [0.25, 0.3) is 0 Å². The number of nitrogens with zero attached hydrogens (tertiary/aromatic N) is 1. The fourth-order valence-electron chi connectivity index (χ4n) is 1.91. The Hall–Kier alpha value is -3.09. The lowest BCUT2D eigenvalue weighted by Crippen LogP contribution is -2.14. The van der Waals surface area contributed by atoms with Gasteiger partial charge in [-0.15, -0.1) is 0 Å². The van der Waals surface area contributed by atoms with Crippen LogP contribution >= 0.6 is 0 Å². The van der Waals surface area contributed by atoms with E-state index in [1.807, 2.05) is 0 Å². The number of para-hydroxylation sites is 2. The number of carbonyl (C=O) groups excluding carboxylic acids is 1. The van der Waals surface area contributed by atoms with Crippen molar-refractivity contribution in [1.82, 2.24) is 0 Å². The summed E-state index contributed by atoms with van der Waals surface area (Å²) in [5.41, 5.74) is 0.195. The van der Waals surface area contributed by atoms with Crippen molar-refractivity contribution in [1.29, 1.82) is 0 Å². The van der Waals surface area contributed by atoms with Crippen LogP contribution in [0.5, 0.6) is 11.5 Å². The molecule has 1 amide bonds. The van der Waals surface area contributed by atoms with E-state index in [4.69, 9.17) is 9.47 Å². The largest absolute Gasteiger partial charge is 0.497 e. The van der Waals surface area contributed by atoms with Crippen molar-refractivity contribution in [2.24, 2.45) is 0 Å².